The largest absolute Gasteiger partial charge is 0.323 e. The van der Waals surface area contributed by atoms with Crippen LogP contribution in [0.1, 0.15) is 50.8 Å². The van der Waals surface area contributed by atoms with Crippen LogP contribution in [0.5, 0.6) is 0 Å². The normalized spacial score (nSPS) is 22.1. The molecule has 0 amide bonds. The molecule has 1 fully saturated rings. The Hall–Kier alpha value is -0.860. The first kappa shape index (κ1) is 14.5. The molecule has 2 nitrogen and oxygen atoms in total. The highest BCUT2D eigenvalue weighted by Crippen LogP contribution is 2.21. The summed E-state index contributed by atoms with van der Waals surface area (Å²) in [5.74, 6) is 0.713. The summed E-state index contributed by atoms with van der Waals surface area (Å²) in [6.45, 7) is 9.03. The van der Waals surface area contributed by atoms with Crippen LogP contribution in [-0.4, -0.2) is 24.0 Å². The van der Waals surface area contributed by atoms with E-state index in [0.29, 0.717) is 12.0 Å². The second-order valence-corrected chi connectivity index (χ2v) is 6.43. The Labute approximate surface area is 118 Å². The monoisotopic (exact) mass is 260 g/mol. The Morgan fingerprint density at radius 3 is 2.47 bits per heavy atom. The first-order valence-electron chi connectivity index (χ1n) is 7.64. The minimum absolute atomic E-state index is 0.147. The average molecular weight is 260 g/mol. The van der Waals surface area contributed by atoms with Gasteiger partial charge in [0.1, 0.15) is 0 Å². The summed E-state index contributed by atoms with van der Waals surface area (Å²) < 4.78 is 0. The van der Waals surface area contributed by atoms with E-state index in [-0.39, 0.29) is 6.04 Å². The molecule has 19 heavy (non-hydrogen) atoms. The molecule has 0 radical (unpaired) electrons. The third-order valence-electron chi connectivity index (χ3n) is 4.17. The van der Waals surface area contributed by atoms with Crippen molar-refractivity contribution in [3.8, 4) is 0 Å². The minimum Gasteiger partial charge on any atom is -0.323 e. The number of nitrogens with zero attached hydrogens (tertiary/aromatic N) is 1. The van der Waals surface area contributed by atoms with Crippen LogP contribution in [0.2, 0.25) is 0 Å². The zero-order valence-corrected chi connectivity index (χ0v) is 12.6. The van der Waals surface area contributed by atoms with Crippen LogP contribution in [0.4, 0.5) is 0 Å². The van der Waals surface area contributed by atoms with E-state index in [4.69, 9.17) is 5.73 Å². The van der Waals surface area contributed by atoms with Crippen LogP contribution < -0.4 is 5.73 Å². The van der Waals surface area contributed by atoms with E-state index in [2.05, 4.69) is 49.9 Å². The van der Waals surface area contributed by atoms with Gasteiger partial charge >= 0.3 is 0 Å². The van der Waals surface area contributed by atoms with Gasteiger partial charge in [0.2, 0.25) is 0 Å². The van der Waals surface area contributed by atoms with E-state index in [1.165, 1.54) is 30.5 Å². The van der Waals surface area contributed by atoms with Crippen LogP contribution in [0, 0.1) is 5.92 Å². The summed E-state index contributed by atoms with van der Waals surface area (Å²) in [6.07, 6.45) is 3.79. The Kier molecular flexibility index (Phi) is 5.00. The number of hydrogen-bond donors (Lipinski definition) is 1. The molecule has 0 spiro atoms. The molecule has 0 aliphatic carbocycles. The van der Waals surface area contributed by atoms with E-state index in [1.807, 2.05) is 0 Å². The number of likely N-dealkylation sites (tertiary alicyclic amines) is 1. The fourth-order valence-electron chi connectivity index (χ4n) is 2.99. The van der Waals surface area contributed by atoms with Gasteiger partial charge in [0.25, 0.3) is 0 Å². The maximum Gasteiger partial charge on any atom is 0.0424 e. The molecule has 1 aliphatic rings. The fraction of sp³-hybridized carbons (Fsp3) is 0.647. The maximum atomic E-state index is 6.35. The molecule has 0 bridgehead atoms. The highest BCUT2D eigenvalue weighted by molar-refractivity contribution is 5.25. The van der Waals surface area contributed by atoms with Gasteiger partial charge in [-0.1, -0.05) is 38.1 Å². The molecule has 2 unspecified atom stereocenters. The zero-order valence-electron chi connectivity index (χ0n) is 12.6. The second kappa shape index (κ2) is 6.53. The van der Waals surface area contributed by atoms with Crippen LogP contribution in [0.25, 0.3) is 0 Å². The molecule has 1 aliphatic heterocycles. The van der Waals surface area contributed by atoms with Gasteiger partial charge in [0.15, 0.2) is 0 Å². The Balaban J connectivity index is 1.93. The summed E-state index contributed by atoms with van der Waals surface area (Å²) in [4.78, 5) is 2.52. The van der Waals surface area contributed by atoms with E-state index < -0.39 is 0 Å². The number of nitrogens with two attached hydrogens (primary N) is 1. The smallest absolute Gasteiger partial charge is 0.0424 e. The van der Waals surface area contributed by atoms with Crippen molar-refractivity contribution in [3.05, 3.63) is 35.4 Å². The highest BCUT2D eigenvalue weighted by Gasteiger charge is 2.22. The summed E-state index contributed by atoms with van der Waals surface area (Å²) in [6, 6.07) is 9.75. The van der Waals surface area contributed by atoms with Gasteiger partial charge in [0, 0.05) is 18.6 Å². The molecule has 2 rings (SSSR count). The van der Waals surface area contributed by atoms with E-state index in [9.17, 15) is 0 Å². The van der Waals surface area contributed by atoms with Gasteiger partial charge < -0.3 is 5.73 Å². The molecule has 1 aromatic rings. The standard InChI is InChI=1S/C17H28N2/c1-13(2)11-15-6-8-16(9-7-15)17(18)12-19-10-4-5-14(19)3/h6-9,13-14,17H,4-5,10-12,18H2,1-3H3. The van der Waals surface area contributed by atoms with E-state index in [1.54, 1.807) is 0 Å². The third kappa shape index (κ3) is 4.05. The molecule has 0 aromatic heterocycles. The molecular weight excluding hydrogens is 232 g/mol. The predicted molar refractivity (Wildman–Crippen MR) is 82.2 cm³/mol. The first-order valence-corrected chi connectivity index (χ1v) is 7.64. The van der Waals surface area contributed by atoms with Gasteiger partial charge in [-0.2, -0.15) is 0 Å². The summed E-state index contributed by atoms with van der Waals surface area (Å²) in [5, 5.41) is 0. The van der Waals surface area contributed by atoms with Gasteiger partial charge in [-0.25, -0.2) is 0 Å². The molecule has 2 heteroatoms. The molecule has 2 N–H and O–H groups in total. The van der Waals surface area contributed by atoms with Crippen LogP contribution >= 0.6 is 0 Å². The molecule has 2 atom stereocenters. The lowest BCUT2D eigenvalue weighted by molar-refractivity contribution is 0.252. The highest BCUT2D eigenvalue weighted by atomic mass is 15.2. The number of rotatable bonds is 5. The lowest BCUT2D eigenvalue weighted by Crippen LogP contribution is -2.34. The third-order valence-corrected chi connectivity index (χ3v) is 4.17. The summed E-state index contributed by atoms with van der Waals surface area (Å²) in [7, 11) is 0. The van der Waals surface area contributed by atoms with Crippen molar-refractivity contribution in [1.29, 1.82) is 0 Å². The van der Waals surface area contributed by atoms with Crippen molar-refractivity contribution in [3.63, 3.8) is 0 Å². The van der Waals surface area contributed by atoms with E-state index in [0.717, 1.165) is 13.0 Å². The second-order valence-electron chi connectivity index (χ2n) is 6.43. The Morgan fingerprint density at radius 1 is 1.26 bits per heavy atom. The van der Waals surface area contributed by atoms with Crippen LogP contribution in [-0.2, 0) is 6.42 Å². The lowest BCUT2D eigenvalue weighted by atomic mass is 9.99. The van der Waals surface area contributed by atoms with Crippen molar-refractivity contribution < 1.29 is 0 Å². The molecule has 1 heterocycles. The molecule has 1 saturated heterocycles. The van der Waals surface area contributed by atoms with Gasteiger partial charge in [-0.05, 0) is 49.8 Å². The lowest BCUT2D eigenvalue weighted by Gasteiger charge is -2.25. The van der Waals surface area contributed by atoms with Crippen molar-refractivity contribution in [1.82, 2.24) is 4.90 Å². The van der Waals surface area contributed by atoms with Gasteiger partial charge in [-0.15, -0.1) is 0 Å². The number of hydrogen-bond acceptors (Lipinski definition) is 2. The van der Waals surface area contributed by atoms with Crippen molar-refractivity contribution in [2.75, 3.05) is 13.1 Å². The van der Waals surface area contributed by atoms with Crippen molar-refractivity contribution >= 4 is 0 Å². The molecule has 106 valence electrons. The van der Waals surface area contributed by atoms with Crippen LogP contribution in [0.15, 0.2) is 24.3 Å². The Bertz CT molecular complexity index is 383. The maximum absolute atomic E-state index is 6.35. The quantitative estimate of drug-likeness (QED) is 0.879. The molecule has 1 aromatic carbocycles. The SMILES string of the molecule is CC(C)Cc1ccc(C(N)CN2CCCC2C)cc1. The average Bonchev–Trinajstić information content (AvgIpc) is 2.75. The zero-order chi connectivity index (χ0) is 13.8. The molecule has 0 saturated carbocycles. The Morgan fingerprint density at radius 2 is 1.95 bits per heavy atom. The molecular formula is C17H28N2. The van der Waals surface area contributed by atoms with Crippen molar-refractivity contribution in [2.45, 2.75) is 52.1 Å². The number of benzene rings is 1. The first-order chi connectivity index (χ1) is 9.06. The fourth-order valence-corrected chi connectivity index (χ4v) is 2.99. The summed E-state index contributed by atoms with van der Waals surface area (Å²) in [5.41, 5.74) is 9.03. The van der Waals surface area contributed by atoms with Gasteiger partial charge in [0.05, 0.1) is 0 Å². The summed E-state index contributed by atoms with van der Waals surface area (Å²) >= 11 is 0. The van der Waals surface area contributed by atoms with Crippen molar-refractivity contribution in [2.24, 2.45) is 11.7 Å². The predicted octanol–water partition coefficient (Wildman–Crippen LogP) is 3.37. The van der Waals surface area contributed by atoms with E-state index >= 15 is 0 Å². The minimum atomic E-state index is 0.147. The van der Waals surface area contributed by atoms with Gasteiger partial charge in [-0.3, -0.25) is 4.90 Å². The topological polar surface area (TPSA) is 29.3 Å². The van der Waals surface area contributed by atoms with Crippen LogP contribution in [0.3, 0.4) is 0 Å².